The number of hydrogen-bond donors (Lipinski definition) is 0. The zero-order chi connectivity index (χ0) is 29.9. The van der Waals surface area contributed by atoms with Crippen LogP contribution in [0, 0.1) is 17.9 Å². The van der Waals surface area contributed by atoms with Crippen LogP contribution in [0.3, 0.4) is 0 Å². The molecule has 4 rings (SSSR count). The zero-order valence-electron chi connectivity index (χ0n) is 24.9. The van der Waals surface area contributed by atoms with Crippen molar-refractivity contribution in [1.82, 2.24) is 0 Å². The predicted molar refractivity (Wildman–Crippen MR) is 179 cm³/mol. The quantitative estimate of drug-likeness (QED) is 0.0955. The number of Topliss-reactive ketones (excluding diaryl/α,β-unsaturated/α-hetero) is 2. The lowest BCUT2D eigenvalue weighted by atomic mass is 9.96. The highest BCUT2D eigenvalue weighted by Crippen LogP contribution is 2.33. The van der Waals surface area contributed by atoms with Gasteiger partial charge in [-0.05, 0) is 58.0 Å². The summed E-state index contributed by atoms with van der Waals surface area (Å²) in [6, 6.07) is 10.3. The van der Waals surface area contributed by atoms with Gasteiger partial charge in [0.25, 0.3) is 0 Å². The number of carbonyl (C=O) groups is 2. The average Bonchev–Trinajstić information content (AvgIpc) is 3.69. The first-order valence-corrected chi connectivity index (χ1v) is 17.2. The minimum Gasteiger partial charge on any atom is -0.308 e. The molecular weight excluding hydrogens is 557 g/mol. The highest BCUT2D eigenvalue weighted by molar-refractivity contribution is 7.18. The van der Waals surface area contributed by atoms with Gasteiger partial charge in [-0.15, -0.1) is 22.7 Å². The van der Waals surface area contributed by atoms with Gasteiger partial charge < -0.3 is 4.79 Å². The van der Waals surface area contributed by atoms with Crippen LogP contribution in [-0.2, 0) is 9.59 Å². The van der Waals surface area contributed by atoms with Gasteiger partial charge in [0.15, 0.2) is 11.6 Å². The Morgan fingerprint density at radius 1 is 0.714 bits per heavy atom. The van der Waals surface area contributed by atoms with E-state index in [1.165, 1.54) is 61.2 Å². The Balaban J connectivity index is 1.77. The highest BCUT2D eigenvalue weighted by atomic mass is 32.1. The number of hydrogen-bond acceptors (Lipinski definition) is 5. The Hall–Kier alpha value is -3.32. The van der Waals surface area contributed by atoms with Gasteiger partial charge in [0, 0.05) is 38.1 Å². The van der Waals surface area contributed by atoms with Gasteiger partial charge in [-0.3, -0.25) is 4.79 Å². The lowest BCUT2D eigenvalue weighted by Crippen LogP contribution is -2.15. The number of unbranched alkanes of at least 4 members (excludes halogenated alkanes) is 10. The fourth-order valence-corrected chi connectivity index (χ4v) is 7.62. The fraction of sp³-hybridized carbons (Fsp3) is 0.444. The van der Waals surface area contributed by atoms with Crippen molar-refractivity contribution in [1.29, 1.82) is 5.26 Å². The lowest BCUT2D eigenvalue weighted by molar-refractivity contribution is -0.114. The summed E-state index contributed by atoms with van der Waals surface area (Å²) < 4.78 is 1.81. The number of ketones is 2. The topological polar surface area (TPSA) is 62.3 Å². The zero-order valence-corrected chi connectivity index (χ0v) is 26.5. The summed E-state index contributed by atoms with van der Waals surface area (Å²) >= 11 is 3.05. The first-order chi connectivity index (χ1) is 20.5. The molecule has 0 saturated heterocycles. The number of carbonyl (C=O) groups excluding carboxylic acids is 2. The summed E-state index contributed by atoms with van der Waals surface area (Å²) in [5.74, 6) is -0.183. The number of thiophene rings is 2. The summed E-state index contributed by atoms with van der Waals surface area (Å²) in [4.78, 5) is 30.3. The van der Waals surface area contributed by atoms with Gasteiger partial charge >= 0.3 is 0 Å². The van der Waals surface area contributed by atoms with Crippen LogP contribution in [0.15, 0.2) is 35.0 Å². The van der Waals surface area contributed by atoms with Crippen molar-refractivity contribution < 1.29 is 9.59 Å². The molecule has 2 aromatic heterocycles. The molecule has 6 heteroatoms. The van der Waals surface area contributed by atoms with Crippen molar-refractivity contribution in [2.45, 2.75) is 104 Å². The molecule has 0 aliphatic rings. The van der Waals surface area contributed by atoms with E-state index in [1.54, 1.807) is 0 Å². The Morgan fingerprint density at radius 3 is 1.71 bits per heavy atom. The molecule has 218 valence electrons. The standard InChI is InChI=1S/C36H40N2O2S2/c1-4-6-8-10-12-14-16-32(39)31(24-37)29-22-27-26-19-21-42-36(26)30(23-28(27)25-18-20-41-35(25)29)34(38-3)33(40)17-15-13-11-9-7-5-2/h18-23H,4-17H2,1-2H3/b31-29+,34-30-. The lowest BCUT2D eigenvalue weighted by Gasteiger charge is -2.08. The molecule has 0 N–H and O–H groups in total. The molecule has 0 atom stereocenters. The molecule has 0 amide bonds. The summed E-state index contributed by atoms with van der Waals surface area (Å²) in [6.45, 7) is 12.3. The van der Waals surface area contributed by atoms with Crippen LogP contribution in [0.25, 0.3) is 47.1 Å². The van der Waals surface area contributed by atoms with Gasteiger partial charge in [0.05, 0.1) is 6.57 Å². The molecule has 0 radical (unpaired) electrons. The van der Waals surface area contributed by atoms with E-state index in [2.05, 4.69) is 24.8 Å². The van der Waals surface area contributed by atoms with Gasteiger partial charge in [0.2, 0.25) is 5.70 Å². The summed E-state index contributed by atoms with van der Waals surface area (Å²) in [5, 5.41) is 19.3. The Kier molecular flexibility index (Phi) is 11.9. The molecule has 0 aliphatic carbocycles. The normalized spacial score (nSPS) is 12.9. The fourth-order valence-electron chi connectivity index (χ4n) is 5.76. The molecule has 2 aromatic carbocycles. The molecule has 0 unspecified atom stereocenters. The largest absolute Gasteiger partial charge is 0.308 e. The third-order valence-corrected chi connectivity index (χ3v) is 9.97. The molecule has 4 aromatic rings. The van der Waals surface area contributed by atoms with Gasteiger partial charge in [-0.2, -0.15) is 5.26 Å². The van der Waals surface area contributed by atoms with E-state index in [-0.39, 0.29) is 22.8 Å². The van der Waals surface area contributed by atoms with Gasteiger partial charge in [-0.1, -0.05) is 84.1 Å². The number of nitriles is 1. The molecule has 4 nitrogen and oxygen atoms in total. The van der Waals surface area contributed by atoms with Crippen LogP contribution in [0.1, 0.15) is 104 Å². The molecule has 0 aliphatic heterocycles. The van der Waals surface area contributed by atoms with Crippen LogP contribution in [-0.4, -0.2) is 11.6 Å². The Labute approximate surface area is 257 Å². The molecule has 0 bridgehead atoms. The maximum Gasteiger partial charge on any atom is 0.237 e. The third kappa shape index (κ3) is 7.17. The van der Waals surface area contributed by atoms with Crippen molar-refractivity contribution >= 4 is 76.5 Å². The summed E-state index contributed by atoms with van der Waals surface area (Å²) in [7, 11) is 0. The van der Waals surface area contributed by atoms with Crippen molar-refractivity contribution in [3.8, 4) is 6.07 Å². The van der Waals surface area contributed by atoms with Crippen molar-refractivity contribution in [3.05, 3.63) is 56.9 Å². The number of rotatable bonds is 16. The predicted octanol–water partition coefficient (Wildman–Crippen LogP) is 9.61. The average molecular weight is 597 g/mol. The van der Waals surface area contributed by atoms with E-state index < -0.39 is 0 Å². The molecule has 2 heterocycles. The minimum absolute atomic E-state index is 0.0897. The molecule has 42 heavy (non-hydrogen) atoms. The molecule has 0 fully saturated rings. The Bertz CT molecular complexity index is 1650. The monoisotopic (exact) mass is 596 g/mol. The first-order valence-electron chi connectivity index (χ1n) is 15.5. The number of fused-ring (bicyclic) bond motifs is 5. The Morgan fingerprint density at radius 2 is 1.19 bits per heavy atom. The summed E-state index contributed by atoms with van der Waals surface area (Å²) in [6.07, 6.45) is 13.9. The van der Waals surface area contributed by atoms with Gasteiger partial charge in [-0.25, -0.2) is 4.85 Å². The van der Waals surface area contributed by atoms with E-state index >= 15 is 0 Å². The third-order valence-electron chi connectivity index (χ3n) is 8.07. The van der Waals surface area contributed by atoms with Crippen LogP contribution in [0.4, 0.5) is 0 Å². The summed E-state index contributed by atoms with van der Waals surface area (Å²) in [5.41, 5.74) is 0.441. The second-order valence-electron chi connectivity index (χ2n) is 11.1. The molecular formula is C36H40N2O2S2. The van der Waals surface area contributed by atoms with Gasteiger partial charge in [0.1, 0.15) is 11.6 Å². The van der Waals surface area contributed by atoms with Crippen molar-refractivity contribution in [2.24, 2.45) is 0 Å². The number of benzene rings is 2. The molecule has 0 saturated carbocycles. The van der Waals surface area contributed by atoms with E-state index in [0.29, 0.717) is 23.3 Å². The van der Waals surface area contributed by atoms with E-state index in [9.17, 15) is 14.9 Å². The second-order valence-corrected chi connectivity index (χ2v) is 12.9. The SMILES string of the molecule is [C-]#[N+]/C(C(=O)CCCCCCCC)=c1/cc2c3ccsc3/c(=C(\C#N)C(=O)CCCCCCCC)cc2c2ccsc12. The van der Waals surface area contributed by atoms with E-state index in [4.69, 9.17) is 6.57 Å². The van der Waals surface area contributed by atoms with Crippen LogP contribution in [0.5, 0.6) is 0 Å². The maximum absolute atomic E-state index is 13.3. The smallest absolute Gasteiger partial charge is 0.237 e. The first kappa shape index (κ1) is 31.6. The highest BCUT2D eigenvalue weighted by Gasteiger charge is 2.18. The maximum atomic E-state index is 13.3. The van der Waals surface area contributed by atoms with Crippen LogP contribution in [0.2, 0.25) is 0 Å². The van der Waals surface area contributed by atoms with Crippen LogP contribution >= 0.6 is 22.7 Å². The van der Waals surface area contributed by atoms with Crippen molar-refractivity contribution in [3.63, 3.8) is 0 Å². The van der Waals surface area contributed by atoms with Crippen LogP contribution < -0.4 is 10.4 Å². The minimum atomic E-state index is -0.0934. The number of nitrogens with zero attached hydrogens (tertiary/aromatic N) is 2. The van der Waals surface area contributed by atoms with E-state index in [0.717, 1.165) is 69.5 Å². The van der Waals surface area contributed by atoms with Crippen molar-refractivity contribution in [2.75, 3.05) is 0 Å². The second kappa shape index (κ2) is 15.8. The molecule has 0 spiro atoms. The van der Waals surface area contributed by atoms with E-state index in [1.807, 2.05) is 35.0 Å².